The summed E-state index contributed by atoms with van der Waals surface area (Å²) < 4.78 is 10.8. The molecule has 0 bridgehead atoms. The van der Waals surface area contributed by atoms with Crippen LogP contribution < -0.4 is 10.1 Å². The van der Waals surface area contributed by atoms with Gasteiger partial charge in [0.1, 0.15) is 5.75 Å². The molecule has 0 atom stereocenters. The maximum Gasteiger partial charge on any atom is 0.258 e. The number of nitrogens with one attached hydrogen (secondary N) is 1. The minimum absolute atomic E-state index is 0.00781. The second kappa shape index (κ2) is 14.0. The number of para-hydroxylation sites is 1. The van der Waals surface area contributed by atoms with E-state index >= 15 is 0 Å². The van der Waals surface area contributed by atoms with Crippen molar-refractivity contribution in [2.75, 3.05) is 59.1 Å². The highest BCUT2D eigenvalue weighted by molar-refractivity contribution is 5.85. The summed E-state index contributed by atoms with van der Waals surface area (Å²) in [5.74, 6) is 0.307. The Hall–Kier alpha value is -2.12. The first kappa shape index (κ1) is 23.2. The van der Waals surface area contributed by atoms with Gasteiger partial charge in [-0.1, -0.05) is 44.4 Å². The second-order valence-electron chi connectivity index (χ2n) is 7.27. The quantitative estimate of drug-likeness (QED) is 0.508. The molecule has 0 saturated carbocycles. The molecule has 1 fully saturated rings. The number of amides is 2. The summed E-state index contributed by atoms with van der Waals surface area (Å²) in [6, 6.07) is 9.17. The maximum absolute atomic E-state index is 12.7. The molecule has 1 aromatic rings. The van der Waals surface area contributed by atoms with Crippen molar-refractivity contribution in [1.82, 2.24) is 15.1 Å². The maximum atomic E-state index is 12.7. The fraction of sp³-hybridized carbons (Fsp3) is 0.636. The van der Waals surface area contributed by atoms with Gasteiger partial charge in [-0.25, -0.2) is 0 Å². The average molecular weight is 406 g/mol. The molecule has 0 unspecified atom stereocenters. The number of ether oxygens (including phenoxy) is 2. The molecule has 2 amide bonds. The molecule has 0 aliphatic carbocycles. The third kappa shape index (κ3) is 9.76. The first-order chi connectivity index (χ1) is 14.2. The topological polar surface area (TPSA) is 71.1 Å². The third-order valence-electron chi connectivity index (χ3n) is 4.97. The summed E-state index contributed by atoms with van der Waals surface area (Å²) in [4.78, 5) is 28.9. The van der Waals surface area contributed by atoms with Gasteiger partial charge in [0, 0.05) is 32.7 Å². The van der Waals surface area contributed by atoms with Gasteiger partial charge in [-0.05, 0) is 18.6 Å². The molecule has 1 heterocycles. The predicted molar refractivity (Wildman–Crippen MR) is 113 cm³/mol. The summed E-state index contributed by atoms with van der Waals surface area (Å²) in [6.45, 7) is 7.67. The van der Waals surface area contributed by atoms with Crippen LogP contribution >= 0.6 is 0 Å². The van der Waals surface area contributed by atoms with Crippen LogP contribution in [0.3, 0.4) is 0 Å². The summed E-state index contributed by atoms with van der Waals surface area (Å²) in [7, 11) is 0. The van der Waals surface area contributed by atoms with Gasteiger partial charge in [0.2, 0.25) is 5.91 Å². The van der Waals surface area contributed by atoms with Crippen LogP contribution in [0.2, 0.25) is 0 Å². The van der Waals surface area contributed by atoms with E-state index < -0.39 is 0 Å². The van der Waals surface area contributed by atoms with Crippen molar-refractivity contribution in [3.05, 3.63) is 30.3 Å². The predicted octanol–water partition coefficient (Wildman–Crippen LogP) is 1.92. The van der Waals surface area contributed by atoms with Gasteiger partial charge in [0.15, 0.2) is 6.61 Å². The lowest BCUT2D eigenvalue weighted by Gasteiger charge is -2.30. The van der Waals surface area contributed by atoms with Gasteiger partial charge < -0.3 is 19.7 Å². The zero-order chi connectivity index (χ0) is 20.7. The Kier molecular flexibility index (Phi) is 11.1. The minimum Gasteiger partial charge on any atom is -0.484 e. The number of hydrogen-bond donors (Lipinski definition) is 1. The summed E-state index contributed by atoms with van der Waals surface area (Å²) >= 11 is 0. The van der Waals surface area contributed by atoms with Crippen molar-refractivity contribution in [2.45, 2.75) is 32.6 Å². The van der Waals surface area contributed by atoms with E-state index in [4.69, 9.17) is 9.47 Å². The van der Waals surface area contributed by atoms with Gasteiger partial charge in [-0.15, -0.1) is 0 Å². The normalized spacial score (nSPS) is 14.4. The highest BCUT2D eigenvalue weighted by Crippen LogP contribution is 2.07. The number of hydrogen-bond acceptors (Lipinski definition) is 5. The Balaban J connectivity index is 1.73. The first-order valence-corrected chi connectivity index (χ1v) is 10.7. The Morgan fingerprint density at radius 3 is 2.59 bits per heavy atom. The molecule has 1 N–H and O–H groups in total. The van der Waals surface area contributed by atoms with Crippen LogP contribution in [0.5, 0.6) is 5.75 Å². The number of rotatable bonds is 13. The zero-order valence-electron chi connectivity index (χ0n) is 17.6. The van der Waals surface area contributed by atoms with Crippen molar-refractivity contribution in [2.24, 2.45) is 0 Å². The van der Waals surface area contributed by atoms with E-state index in [-0.39, 0.29) is 25.0 Å². The lowest BCUT2D eigenvalue weighted by Crippen LogP contribution is -2.46. The first-order valence-electron chi connectivity index (χ1n) is 10.7. The molecule has 1 saturated heterocycles. The fourth-order valence-corrected chi connectivity index (χ4v) is 3.18. The van der Waals surface area contributed by atoms with E-state index in [0.29, 0.717) is 12.3 Å². The Labute approximate surface area is 174 Å². The van der Waals surface area contributed by atoms with Crippen molar-refractivity contribution < 1.29 is 19.1 Å². The van der Waals surface area contributed by atoms with Gasteiger partial charge in [-0.3, -0.25) is 14.5 Å². The Morgan fingerprint density at radius 1 is 1.10 bits per heavy atom. The van der Waals surface area contributed by atoms with E-state index in [9.17, 15) is 9.59 Å². The SMILES string of the molecule is CCCCCCN(CCN1CCOCC1)C(=O)CNC(=O)COc1ccccc1. The summed E-state index contributed by atoms with van der Waals surface area (Å²) in [6.07, 6.45) is 4.46. The van der Waals surface area contributed by atoms with Crippen LogP contribution in [-0.4, -0.2) is 80.7 Å². The summed E-state index contributed by atoms with van der Waals surface area (Å²) in [5.41, 5.74) is 0. The van der Waals surface area contributed by atoms with E-state index in [0.717, 1.165) is 52.2 Å². The smallest absolute Gasteiger partial charge is 0.258 e. The molecular formula is C22H35N3O4. The molecule has 1 aliphatic rings. The lowest BCUT2D eigenvalue weighted by molar-refractivity contribution is -0.133. The minimum atomic E-state index is -0.290. The number of morpholine rings is 1. The van der Waals surface area contributed by atoms with Gasteiger partial charge >= 0.3 is 0 Å². The monoisotopic (exact) mass is 405 g/mol. The standard InChI is InChI=1S/C22H35N3O4/c1-2-3-4-8-11-25(13-12-24-14-16-28-17-15-24)22(27)18-23-21(26)19-29-20-9-6-5-7-10-20/h5-7,9-10H,2-4,8,11-19H2,1H3,(H,23,26). The van der Waals surface area contributed by atoms with Crippen molar-refractivity contribution in [1.29, 1.82) is 0 Å². The Bertz CT molecular complexity index is 591. The van der Waals surface area contributed by atoms with Gasteiger partial charge in [0.25, 0.3) is 5.91 Å². The molecule has 0 aromatic heterocycles. The van der Waals surface area contributed by atoms with E-state index in [2.05, 4.69) is 17.1 Å². The van der Waals surface area contributed by atoms with Crippen LogP contribution in [-0.2, 0) is 14.3 Å². The van der Waals surface area contributed by atoms with Crippen LogP contribution in [0.25, 0.3) is 0 Å². The molecule has 1 aliphatic heterocycles. The molecule has 0 spiro atoms. The zero-order valence-corrected chi connectivity index (χ0v) is 17.6. The molecule has 7 nitrogen and oxygen atoms in total. The van der Waals surface area contributed by atoms with Crippen LogP contribution in [0, 0.1) is 0 Å². The number of unbranched alkanes of at least 4 members (excludes halogenated alkanes) is 3. The van der Waals surface area contributed by atoms with Gasteiger partial charge in [-0.2, -0.15) is 0 Å². The third-order valence-corrected chi connectivity index (χ3v) is 4.97. The lowest BCUT2D eigenvalue weighted by atomic mass is 10.2. The van der Waals surface area contributed by atoms with Crippen LogP contribution in [0.1, 0.15) is 32.6 Å². The highest BCUT2D eigenvalue weighted by Gasteiger charge is 2.17. The molecule has 2 rings (SSSR count). The molecule has 7 heteroatoms. The summed E-state index contributed by atoms with van der Waals surface area (Å²) in [5, 5.41) is 2.68. The average Bonchev–Trinajstić information content (AvgIpc) is 2.77. The van der Waals surface area contributed by atoms with E-state index in [1.54, 1.807) is 12.1 Å². The Morgan fingerprint density at radius 2 is 1.86 bits per heavy atom. The van der Waals surface area contributed by atoms with E-state index in [1.165, 1.54) is 12.8 Å². The fourth-order valence-electron chi connectivity index (χ4n) is 3.18. The molecule has 29 heavy (non-hydrogen) atoms. The van der Waals surface area contributed by atoms with Crippen molar-refractivity contribution in [3.63, 3.8) is 0 Å². The number of carbonyl (C=O) groups is 2. The van der Waals surface area contributed by atoms with Crippen LogP contribution in [0.4, 0.5) is 0 Å². The number of benzene rings is 1. The number of carbonyl (C=O) groups excluding carboxylic acids is 2. The molecule has 1 aromatic carbocycles. The highest BCUT2D eigenvalue weighted by atomic mass is 16.5. The number of nitrogens with zero attached hydrogens (tertiary/aromatic N) is 2. The molecular weight excluding hydrogens is 370 g/mol. The van der Waals surface area contributed by atoms with Crippen molar-refractivity contribution >= 4 is 11.8 Å². The molecule has 0 radical (unpaired) electrons. The van der Waals surface area contributed by atoms with E-state index in [1.807, 2.05) is 23.1 Å². The largest absolute Gasteiger partial charge is 0.484 e. The van der Waals surface area contributed by atoms with Crippen LogP contribution in [0.15, 0.2) is 30.3 Å². The second-order valence-corrected chi connectivity index (χ2v) is 7.27. The van der Waals surface area contributed by atoms with Gasteiger partial charge in [0.05, 0.1) is 19.8 Å². The molecule has 162 valence electrons. The van der Waals surface area contributed by atoms with Crippen molar-refractivity contribution in [3.8, 4) is 5.75 Å².